The van der Waals surface area contributed by atoms with Crippen LogP contribution in [0.2, 0.25) is 0 Å². The van der Waals surface area contributed by atoms with Crippen LogP contribution in [0.15, 0.2) is 47.5 Å². The number of para-hydroxylation sites is 1. The van der Waals surface area contributed by atoms with Crippen LogP contribution in [0.1, 0.15) is 5.69 Å². The standard InChI is InChI=1S/C15H17N3O4S/c1-17(11-9-12-6-3-4-10-16-12)13-7-5-8-14(23(2,21)22)15(13)18(19)20/h3-8,10H,9,11H2,1-2H3. The average molecular weight is 335 g/mol. The Bertz CT molecular complexity index is 807. The number of anilines is 1. The monoisotopic (exact) mass is 335 g/mol. The molecular formula is C15H17N3O4S. The highest BCUT2D eigenvalue weighted by molar-refractivity contribution is 7.90. The van der Waals surface area contributed by atoms with Crippen molar-refractivity contribution in [3.05, 3.63) is 58.4 Å². The topological polar surface area (TPSA) is 93.4 Å². The summed E-state index contributed by atoms with van der Waals surface area (Å²) in [6.07, 6.45) is 3.24. The van der Waals surface area contributed by atoms with Gasteiger partial charge in [-0.05, 0) is 24.3 Å². The zero-order chi connectivity index (χ0) is 17.0. The zero-order valence-corrected chi connectivity index (χ0v) is 13.7. The molecular weight excluding hydrogens is 318 g/mol. The molecule has 7 nitrogen and oxygen atoms in total. The predicted molar refractivity (Wildman–Crippen MR) is 87.4 cm³/mol. The van der Waals surface area contributed by atoms with E-state index in [2.05, 4.69) is 4.98 Å². The molecule has 0 amide bonds. The van der Waals surface area contributed by atoms with Gasteiger partial charge in [0.25, 0.3) is 0 Å². The van der Waals surface area contributed by atoms with Crippen molar-refractivity contribution < 1.29 is 13.3 Å². The van der Waals surface area contributed by atoms with Gasteiger partial charge in [0, 0.05) is 38.2 Å². The Morgan fingerprint density at radius 1 is 1.22 bits per heavy atom. The summed E-state index contributed by atoms with van der Waals surface area (Å²) in [5, 5.41) is 11.4. The molecule has 1 heterocycles. The minimum absolute atomic E-state index is 0.272. The zero-order valence-electron chi connectivity index (χ0n) is 12.8. The first-order chi connectivity index (χ1) is 10.8. The maximum atomic E-state index is 11.8. The van der Waals surface area contributed by atoms with E-state index in [-0.39, 0.29) is 10.6 Å². The number of nitro groups is 1. The summed E-state index contributed by atoms with van der Waals surface area (Å²) >= 11 is 0. The molecule has 0 aliphatic carbocycles. The highest BCUT2D eigenvalue weighted by Crippen LogP contribution is 2.34. The number of aromatic nitrogens is 1. The molecule has 1 aromatic carbocycles. The van der Waals surface area contributed by atoms with E-state index >= 15 is 0 Å². The van der Waals surface area contributed by atoms with Gasteiger partial charge in [-0.25, -0.2) is 8.42 Å². The molecule has 0 aliphatic heterocycles. The lowest BCUT2D eigenvalue weighted by atomic mass is 10.2. The Balaban J connectivity index is 2.33. The Labute approximate surface area is 134 Å². The van der Waals surface area contributed by atoms with Gasteiger partial charge < -0.3 is 4.90 Å². The maximum Gasteiger partial charge on any atom is 0.311 e. The second-order valence-corrected chi connectivity index (χ2v) is 7.13. The number of sulfone groups is 1. The predicted octanol–water partition coefficient (Wildman–Crippen LogP) is 2.07. The van der Waals surface area contributed by atoms with Gasteiger partial charge in [0.15, 0.2) is 9.84 Å². The molecule has 0 saturated carbocycles. The van der Waals surface area contributed by atoms with Crippen LogP contribution in [0.3, 0.4) is 0 Å². The average Bonchev–Trinajstić information content (AvgIpc) is 2.52. The number of likely N-dealkylation sites (N-methyl/N-ethyl adjacent to an activating group) is 1. The molecule has 23 heavy (non-hydrogen) atoms. The fourth-order valence-electron chi connectivity index (χ4n) is 2.25. The summed E-state index contributed by atoms with van der Waals surface area (Å²) < 4.78 is 23.6. The smallest absolute Gasteiger partial charge is 0.311 e. The summed E-state index contributed by atoms with van der Waals surface area (Å²) in [6.45, 7) is 0.477. The van der Waals surface area contributed by atoms with Crippen LogP contribution in [-0.2, 0) is 16.3 Å². The first-order valence-electron chi connectivity index (χ1n) is 6.89. The van der Waals surface area contributed by atoms with E-state index in [0.29, 0.717) is 13.0 Å². The van der Waals surface area contributed by atoms with Crippen molar-refractivity contribution in [3.63, 3.8) is 0 Å². The lowest BCUT2D eigenvalue weighted by Gasteiger charge is -2.19. The molecule has 0 fully saturated rings. The normalized spacial score (nSPS) is 11.2. The molecule has 0 radical (unpaired) electrons. The van der Waals surface area contributed by atoms with Gasteiger partial charge in [-0.15, -0.1) is 0 Å². The molecule has 0 N–H and O–H groups in total. The van der Waals surface area contributed by atoms with E-state index in [1.165, 1.54) is 12.1 Å². The van der Waals surface area contributed by atoms with Gasteiger partial charge in [0.2, 0.25) is 0 Å². The third-order valence-electron chi connectivity index (χ3n) is 3.40. The van der Waals surface area contributed by atoms with E-state index in [9.17, 15) is 18.5 Å². The summed E-state index contributed by atoms with van der Waals surface area (Å²) in [5.41, 5.74) is 0.744. The van der Waals surface area contributed by atoms with Gasteiger partial charge in [0.05, 0.1) is 4.92 Å². The molecule has 122 valence electrons. The fraction of sp³-hybridized carbons (Fsp3) is 0.267. The van der Waals surface area contributed by atoms with Crippen molar-refractivity contribution in [2.24, 2.45) is 0 Å². The van der Waals surface area contributed by atoms with Crippen molar-refractivity contribution >= 4 is 21.2 Å². The quantitative estimate of drug-likeness (QED) is 0.592. The second-order valence-electron chi connectivity index (χ2n) is 5.15. The molecule has 8 heteroatoms. The van der Waals surface area contributed by atoms with Crippen LogP contribution in [0.25, 0.3) is 0 Å². The number of benzene rings is 1. The van der Waals surface area contributed by atoms with Crippen LogP contribution in [0.4, 0.5) is 11.4 Å². The summed E-state index contributed by atoms with van der Waals surface area (Å²) in [5.74, 6) is 0. The largest absolute Gasteiger partial charge is 0.369 e. The first kappa shape index (κ1) is 16.9. The van der Waals surface area contributed by atoms with Crippen LogP contribution in [-0.4, -0.2) is 38.2 Å². The first-order valence-corrected chi connectivity index (χ1v) is 8.78. The van der Waals surface area contributed by atoms with Gasteiger partial charge >= 0.3 is 5.69 Å². The van der Waals surface area contributed by atoms with Crippen LogP contribution in [0, 0.1) is 10.1 Å². The summed E-state index contributed by atoms with van der Waals surface area (Å²) in [7, 11) is -1.99. The molecule has 0 saturated heterocycles. The third-order valence-corrected chi connectivity index (χ3v) is 4.53. The van der Waals surface area contributed by atoms with E-state index in [4.69, 9.17) is 0 Å². The third kappa shape index (κ3) is 4.04. The Morgan fingerprint density at radius 3 is 2.52 bits per heavy atom. The van der Waals surface area contributed by atoms with Crippen molar-refractivity contribution in [1.29, 1.82) is 0 Å². The highest BCUT2D eigenvalue weighted by atomic mass is 32.2. The lowest BCUT2D eigenvalue weighted by molar-refractivity contribution is -0.387. The van der Waals surface area contributed by atoms with Gasteiger partial charge in [0.1, 0.15) is 10.6 Å². The van der Waals surface area contributed by atoms with Crippen molar-refractivity contribution in [1.82, 2.24) is 4.98 Å². The minimum Gasteiger partial charge on any atom is -0.369 e. The molecule has 0 atom stereocenters. The second kappa shape index (κ2) is 6.74. The Kier molecular flexibility index (Phi) is 4.95. The number of nitrogens with zero attached hydrogens (tertiary/aromatic N) is 3. The SMILES string of the molecule is CN(CCc1ccccn1)c1cccc(S(C)(=O)=O)c1[N+](=O)[O-]. The van der Waals surface area contributed by atoms with E-state index in [1.54, 1.807) is 24.2 Å². The number of hydrogen-bond acceptors (Lipinski definition) is 6. The lowest BCUT2D eigenvalue weighted by Crippen LogP contribution is -2.22. The molecule has 2 aromatic rings. The minimum atomic E-state index is -3.68. The molecule has 0 aliphatic rings. The molecule has 0 spiro atoms. The number of hydrogen-bond donors (Lipinski definition) is 0. The molecule has 0 unspecified atom stereocenters. The molecule has 2 rings (SSSR count). The van der Waals surface area contributed by atoms with Crippen molar-refractivity contribution in [2.45, 2.75) is 11.3 Å². The number of pyridine rings is 1. The van der Waals surface area contributed by atoms with Crippen molar-refractivity contribution in [2.75, 3.05) is 24.7 Å². The number of nitro benzene ring substituents is 1. The van der Waals surface area contributed by atoms with Gasteiger partial charge in [-0.2, -0.15) is 0 Å². The molecule has 0 bridgehead atoms. The van der Waals surface area contributed by atoms with Crippen molar-refractivity contribution in [3.8, 4) is 0 Å². The molecule has 1 aromatic heterocycles. The Morgan fingerprint density at radius 2 is 1.96 bits per heavy atom. The van der Waals surface area contributed by atoms with Gasteiger partial charge in [-0.3, -0.25) is 15.1 Å². The summed E-state index contributed by atoms with van der Waals surface area (Å²) in [4.78, 5) is 16.3. The highest BCUT2D eigenvalue weighted by Gasteiger charge is 2.27. The van der Waals surface area contributed by atoms with Crippen LogP contribution in [0.5, 0.6) is 0 Å². The van der Waals surface area contributed by atoms with E-state index in [0.717, 1.165) is 11.9 Å². The van der Waals surface area contributed by atoms with Crippen LogP contribution >= 0.6 is 0 Å². The van der Waals surface area contributed by atoms with Crippen LogP contribution < -0.4 is 4.90 Å². The Hall–Kier alpha value is -2.48. The van der Waals surface area contributed by atoms with E-state index < -0.39 is 20.4 Å². The van der Waals surface area contributed by atoms with E-state index in [1.807, 2.05) is 18.2 Å². The fourth-order valence-corrected chi connectivity index (χ4v) is 3.11. The summed E-state index contributed by atoms with van der Waals surface area (Å²) in [6, 6.07) is 9.86. The maximum absolute atomic E-state index is 11.8. The van der Waals surface area contributed by atoms with Gasteiger partial charge in [-0.1, -0.05) is 12.1 Å². The number of rotatable bonds is 6.